The molecule has 0 amide bonds. The number of hydrogen-bond donors (Lipinski definition) is 1. The molecule has 2 N–H and O–H groups in total. The molecule has 0 radical (unpaired) electrons. The van der Waals surface area contributed by atoms with Gasteiger partial charge in [-0.2, -0.15) is 4.98 Å². The summed E-state index contributed by atoms with van der Waals surface area (Å²) in [6, 6.07) is 8.35. The number of nitrogens with zero attached hydrogens (tertiary/aromatic N) is 1. The molecule has 1 heterocycles. The molecule has 0 saturated heterocycles. The van der Waals surface area contributed by atoms with E-state index in [-0.39, 0.29) is 6.01 Å². The molecule has 0 atom stereocenters. The van der Waals surface area contributed by atoms with E-state index in [9.17, 15) is 4.79 Å². The molecular formula is C12H12N2O3S. The van der Waals surface area contributed by atoms with E-state index in [0.29, 0.717) is 5.76 Å². The van der Waals surface area contributed by atoms with Gasteiger partial charge < -0.3 is 14.3 Å². The molecule has 5 nitrogen and oxygen atoms in total. The van der Waals surface area contributed by atoms with E-state index in [4.69, 9.17) is 14.3 Å². The van der Waals surface area contributed by atoms with E-state index in [0.717, 1.165) is 17.1 Å². The lowest BCUT2D eigenvalue weighted by atomic mass is 10.1. The number of aromatic nitrogens is 1. The van der Waals surface area contributed by atoms with Crippen LogP contribution in [0.15, 0.2) is 39.5 Å². The predicted octanol–water partition coefficient (Wildman–Crippen LogP) is 2.33. The van der Waals surface area contributed by atoms with Crippen LogP contribution >= 0.6 is 12.0 Å². The first-order valence-corrected chi connectivity index (χ1v) is 6.27. The molecule has 0 spiro atoms. The Bertz CT molecular complexity index is 581. The Morgan fingerprint density at radius 2 is 2.11 bits per heavy atom. The predicted molar refractivity (Wildman–Crippen MR) is 71.4 cm³/mol. The highest BCUT2D eigenvalue weighted by atomic mass is 32.2. The van der Waals surface area contributed by atoms with Crippen LogP contribution < -0.4 is 15.5 Å². The van der Waals surface area contributed by atoms with E-state index >= 15 is 0 Å². The third kappa shape index (κ3) is 3.04. The van der Waals surface area contributed by atoms with Crippen molar-refractivity contribution in [1.29, 1.82) is 0 Å². The van der Waals surface area contributed by atoms with Gasteiger partial charge in [0.2, 0.25) is 0 Å². The summed E-state index contributed by atoms with van der Waals surface area (Å²) in [6.07, 6.45) is 0. The zero-order valence-corrected chi connectivity index (χ0v) is 10.6. The van der Waals surface area contributed by atoms with Crippen molar-refractivity contribution in [3.8, 4) is 17.1 Å². The molecule has 2 rings (SSSR count). The number of nitrogen functional groups attached to an aromatic ring is 1. The molecule has 0 aliphatic carbocycles. The Morgan fingerprint density at radius 3 is 2.72 bits per heavy atom. The van der Waals surface area contributed by atoms with Gasteiger partial charge in [-0.25, -0.2) is 0 Å². The lowest BCUT2D eigenvalue weighted by molar-refractivity contribution is 0.563. The van der Waals surface area contributed by atoms with Gasteiger partial charge in [-0.1, -0.05) is 6.92 Å². The van der Waals surface area contributed by atoms with Crippen molar-refractivity contribution < 1.29 is 8.60 Å². The normalized spacial score (nSPS) is 10.3. The summed E-state index contributed by atoms with van der Waals surface area (Å²) in [5, 5.41) is 0. The molecule has 0 saturated carbocycles. The van der Waals surface area contributed by atoms with Gasteiger partial charge in [-0.3, -0.25) is 4.79 Å². The fraction of sp³-hybridized carbons (Fsp3) is 0.167. The van der Waals surface area contributed by atoms with Gasteiger partial charge in [0, 0.05) is 17.4 Å². The van der Waals surface area contributed by atoms with Crippen molar-refractivity contribution >= 4 is 18.1 Å². The minimum absolute atomic E-state index is 0.139. The van der Waals surface area contributed by atoms with E-state index in [2.05, 4.69) is 4.98 Å². The van der Waals surface area contributed by atoms with Crippen molar-refractivity contribution in [1.82, 2.24) is 4.98 Å². The maximum absolute atomic E-state index is 11.2. The summed E-state index contributed by atoms with van der Waals surface area (Å²) >= 11 is 1.36. The van der Waals surface area contributed by atoms with Gasteiger partial charge >= 0.3 is 0 Å². The SMILES string of the molecule is CCSOc1ccc(-c2cc(=O)nc(N)o2)cc1. The first-order valence-electron chi connectivity index (χ1n) is 5.36. The van der Waals surface area contributed by atoms with Gasteiger partial charge in [0.05, 0.1) is 12.0 Å². The molecule has 0 aliphatic heterocycles. The van der Waals surface area contributed by atoms with Crippen LogP contribution in [0.3, 0.4) is 0 Å². The maximum atomic E-state index is 11.2. The molecule has 2 aromatic rings. The molecule has 0 bridgehead atoms. The van der Waals surface area contributed by atoms with Crippen molar-refractivity contribution in [3.63, 3.8) is 0 Å². The largest absolute Gasteiger partial charge is 0.426 e. The smallest absolute Gasteiger partial charge is 0.295 e. The van der Waals surface area contributed by atoms with Crippen LogP contribution in [0.4, 0.5) is 6.01 Å². The molecule has 18 heavy (non-hydrogen) atoms. The Kier molecular flexibility index (Phi) is 3.88. The van der Waals surface area contributed by atoms with Crippen LogP contribution in [0.25, 0.3) is 11.3 Å². The summed E-state index contributed by atoms with van der Waals surface area (Å²) in [5.74, 6) is 2.01. The lowest BCUT2D eigenvalue weighted by Crippen LogP contribution is -2.07. The van der Waals surface area contributed by atoms with Gasteiger partial charge in [-0.05, 0) is 24.3 Å². The standard InChI is InChI=1S/C12H12N2O3S/c1-2-18-17-9-5-3-8(4-6-9)10-7-11(15)14-12(13)16-10/h3-7H,2H2,1H3,(H2,13,14,15). The second kappa shape index (κ2) is 5.59. The first kappa shape index (κ1) is 12.5. The monoisotopic (exact) mass is 264 g/mol. The minimum Gasteiger partial charge on any atom is -0.426 e. The zero-order valence-electron chi connectivity index (χ0n) is 9.75. The highest BCUT2D eigenvalue weighted by molar-refractivity contribution is 7.94. The van der Waals surface area contributed by atoms with Gasteiger partial charge in [0.25, 0.3) is 11.6 Å². The fourth-order valence-corrected chi connectivity index (χ4v) is 1.73. The van der Waals surface area contributed by atoms with Crippen LogP contribution in [0.2, 0.25) is 0 Å². The summed E-state index contributed by atoms with van der Waals surface area (Å²) in [6.45, 7) is 2.01. The average molecular weight is 264 g/mol. The Morgan fingerprint density at radius 1 is 1.39 bits per heavy atom. The number of rotatable bonds is 4. The van der Waals surface area contributed by atoms with Crippen LogP contribution in [0.1, 0.15) is 6.92 Å². The minimum atomic E-state index is -0.421. The number of anilines is 1. The Balaban J connectivity index is 2.25. The third-order valence-electron chi connectivity index (χ3n) is 2.10. The second-order valence-corrected chi connectivity index (χ2v) is 4.39. The van der Waals surface area contributed by atoms with Crippen molar-refractivity contribution in [2.45, 2.75) is 6.92 Å². The van der Waals surface area contributed by atoms with E-state index in [1.165, 1.54) is 18.1 Å². The van der Waals surface area contributed by atoms with E-state index in [1.54, 1.807) is 24.3 Å². The average Bonchev–Trinajstić information content (AvgIpc) is 2.36. The zero-order chi connectivity index (χ0) is 13.0. The summed E-state index contributed by atoms with van der Waals surface area (Å²) in [4.78, 5) is 14.7. The maximum Gasteiger partial charge on any atom is 0.295 e. The van der Waals surface area contributed by atoms with Crippen molar-refractivity contribution in [2.24, 2.45) is 0 Å². The molecule has 1 aromatic carbocycles. The summed E-state index contributed by atoms with van der Waals surface area (Å²) < 4.78 is 10.6. The van der Waals surface area contributed by atoms with Crippen LogP contribution in [0, 0.1) is 0 Å². The van der Waals surface area contributed by atoms with Crippen molar-refractivity contribution in [3.05, 3.63) is 40.7 Å². The molecule has 0 aliphatic rings. The fourth-order valence-electron chi connectivity index (χ4n) is 1.36. The second-order valence-electron chi connectivity index (χ2n) is 3.41. The number of nitrogens with two attached hydrogens (primary N) is 1. The van der Waals surface area contributed by atoms with Crippen LogP contribution in [-0.2, 0) is 0 Å². The summed E-state index contributed by atoms with van der Waals surface area (Å²) in [7, 11) is 0. The highest BCUT2D eigenvalue weighted by Crippen LogP contribution is 2.23. The van der Waals surface area contributed by atoms with Crippen LogP contribution in [-0.4, -0.2) is 10.7 Å². The number of benzene rings is 1. The molecule has 6 heteroatoms. The highest BCUT2D eigenvalue weighted by Gasteiger charge is 2.04. The van der Waals surface area contributed by atoms with E-state index in [1.807, 2.05) is 6.92 Å². The van der Waals surface area contributed by atoms with Crippen molar-refractivity contribution in [2.75, 3.05) is 11.5 Å². The molecule has 0 fully saturated rings. The lowest BCUT2D eigenvalue weighted by Gasteiger charge is -2.04. The summed E-state index contributed by atoms with van der Waals surface area (Å²) in [5.41, 5.74) is 5.71. The molecule has 0 unspecified atom stereocenters. The Hall–Kier alpha value is -1.95. The molecule has 1 aromatic heterocycles. The first-order chi connectivity index (χ1) is 8.69. The molecule has 94 valence electrons. The van der Waals surface area contributed by atoms with Gasteiger partial charge in [-0.15, -0.1) is 0 Å². The quantitative estimate of drug-likeness (QED) is 0.854. The topological polar surface area (TPSA) is 78.3 Å². The number of hydrogen-bond acceptors (Lipinski definition) is 6. The van der Waals surface area contributed by atoms with Gasteiger partial charge in [0.15, 0.2) is 0 Å². The van der Waals surface area contributed by atoms with Crippen LogP contribution in [0.5, 0.6) is 5.75 Å². The Labute approximate surface area is 108 Å². The van der Waals surface area contributed by atoms with E-state index < -0.39 is 5.56 Å². The molecular weight excluding hydrogens is 252 g/mol. The van der Waals surface area contributed by atoms with Gasteiger partial charge in [0.1, 0.15) is 11.5 Å². The third-order valence-corrected chi connectivity index (χ3v) is 2.65.